The number of hydrogen-bond donors (Lipinski definition) is 1. The number of pyridine rings is 1. The van der Waals surface area contributed by atoms with Gasteiger partial charge in [-0.15, -0.1) is 0 Å². The van der Waals surface area contributed by atoms with Crippen molar-refractivity contribution in [3.05, 3.63) is 36.0 Å². The number of carboxylic acids is 1. The van der Waals surface area contributed by atoms with Crippen molar-refractivity contribution in [3.63, 3.8) is 0 Å². The van der Waals surface area contributed by atoms with Gasteiger partial charge in [-0.05, 0) is 19.1 Å². The number of nitrogens with zero attached hydrogens (tertiary/aromatic N) is 2. The van der Waals surface area contributed by atoms with Crippen molar-refractivity contribution in [2.75, 3.05) is 25.2 Å². The highest BCUT2D eigenvalue weighted by molar-refractivity contribution is 5.92. The molecule has 2 aromatic rings. The van der Waals surface area contributed by atoms with Gasteiger partial charge < -0.3 is 14.7 Å². The maximum absolute atomic E-state index is 11.4. The molecule has 1 saturated heterocycles. The summed E-state index contributed by atoms with van der Waals surface area (Å²) in [5.41, 5.74) is 2.84. The third-order valence-electron chi connectivity index (χ3n) is 4.07. The van der Waals surface area contributed by atoms with Gasteiger partial charge in [-0.2, -0.15) is 0 Å². The van der Waals surface area contributed by atoms with Gasteiger partial charge in [0.05, 0.1) is 24.8 Å². The van der Waals surface area contributed by atoms with E-state index in [1.165, 1.54) is 0 Å². The van der Waals surface area contributed by atoms with Crippen LogP contribution in [0, 0.1) is 12.8 Å². The average Bonchev–Trinajstić information content (AvgIpc) is 2.95. The molecule has 1 aliphatic rings. The van der Waals surface area contributed by atoms with Crippen LogP contribution in [0.4, 0.5) is 5.69 Å². The van der Waals surface area contributed by atoms with Gasteiger partial charge in [0.25, 0.3) is 0 Å². The van der Waals surface area contributed by atoms with Gasteiger partial charge in [-0.25, -0.2) is 0 Å². The van der Waals surface area contributed by atoms with E-state index in [0.717, 1.165) is 22.3 Å². The molecular formula is C16H18N2O3. The van der Waals surface area contributed by atoms with E-state index in [0.29, 0.717) is 6.61 Å². The van der Waals surface area contributed by atoms with Crippen molar-refractivity contribution in [3.8, 4) is 0 Å². The molecule has 5 heteroatoms. The zero-order valence-electron chi connectivity index (χ0n) is 12.1. The molecule has 1 aliphatic heterocycles. The van der Waals surface area contributed by atoms with E-state index in [1.807, 2.05) is 49.2 Å². The van der Waals surface area contributed by atoms with Gasteiger partial charge in [0.2, 0.25) is 0 Å². The lowest BCUT2D eigenvalue weighted by Crippen LogP contribution is -2.41. The summed E-state index contributed by atoms with van der Waals surface area (Å²) in [5.74, 6) is -1.30. The first-order valence-electron chi connectivity index (χ1n) is 6.97. The Balaban J connectivity index is 2.05. The number of anilines is 1. The predicted octanol–water partition coefficient (Wildman–Crippen LogP) is 2.08. The van der Waals surface area contributed by atoms with Gasteiger partial charge in [-0.3, -0.25) is 9.78 Å². The minimum absolute atomic E-state index is 0.160. The van der Waals surface area contributed by atoms with Crippen molar-refractivity contribution >= 4 is 22.6 Å². The van der Waals surface area contributed by atoms with Crippen LogP contribution in [-0.4, -0.2) is 42.4 Å². The molecule has 0 amide bonds. The van der Waals surface area contributed by atoms with Crippen LogP contribution in [0.25, 0.3) is 10.9 Å². The number of likely N-dealkylation sites (N-methyl/N-ethyl adjacent to an activating group) is 1. The molecule has 1 aromatic carbocycles. The molecule has 21 heavy (non-hydrogen) atoms. The number of hydrogen-bond acceptors (Lipinski definition) is 4. The molecule has 2 atom stereocenters. The molecule has 0 bridgehead atoms. The lowest BCUT2D eigenvalue weighted by Gasteiger charge is -2.29. The first-order valence-corrected chi connectivity index (χ1v) is 6.97. The van der Waals surface area contributed by atoms with E-state index in [2.05, 4.69) is 4.98 Å². The zero-order chi connectivity index (χ0) is 15.0. The van der Waals surface area contributed by atoms with E-state index in [-0.39, 0.29) is 12.6 Å². The fourth-order valence-electron chi connectivity index (χ4n) is 2.92. The molecule has 0 saturated carbocycles. The lowest BCUT2D eigenvalue weighted by atomic mass is 10.0. The van der Waals surface area contributed by atoms with Crippen molar-refractivity contribution < 1.29 is 14.6 Å². The Labute approximate surface area is 123 Å². The smallest absolute Gasteiger partial charge is 0.311 e. The SMILES string of the molecule is Cc1cc(N(C)C2COCC2C(=O)O)c2ccccc2n1. The first kappa shape index (κ1) is 13.8. The number of carboxylic acid groups (broad SMARTS) is 1. The van der Waals surface area contributed by atoms with Gasteiger partial charge in [0.15, 0.2) is 0 Å². The van der Waals surface area contributed by atoms with E-state index < -0.39 is 11.9 Å². The van der Waals surface area contributed by atoms with Crippen molar-refractivity contribution in [1.29, 1.82) is 0 Å². The van der Waals surface area contributed by atoms with Crippen molar-refractivity contribution in [1.82, 2.24) is 4.98 Å². The third-order valence-corrected chi connectivity index (χ3v) is 4.07. The van der Waals surface area contributed by atoms with Crippen LogP contribution < -0.4 is 4.90 Å². The number of aromatic nitrogens is 1. The highest BCUT2D eigenvalue weighted by atomic mass is 16.5. The van der Waals surface area contributed by atoms with Crippen molar-refractivity contribution in [2.24, 2.45) is 5.92 Å². The standard InChI is InChI=1S/C16H18N2O3/c1-10-7-14(11-5-3-4-6-13(11)17-10)18(2)15-9-21-8-12(15)16(19)20/h3-7,12,15H,8-9H2,1-2H3,(H,19,20). The third kappa shape index (κ3) is 2.45. The number of rotatable bonds is 3. The second-order valence-corrected chi connectivity index (χ2v) is 5.46. The molecule has 1 fully saturated rings. The van der Waals surface area contributed by atoms with Gasteiger partial charge in [0, 0.05) is 23.8 Å². The Bertz CT molecular complexity index is 686. The summed E-state index contributed by atoms with van der Waals surface area (Å²) in [6, 6.07) is 9.75. The number of benzene rings is 1. The number of carbonyl (C=O) groups is 1. The number of aryl methyl sites for hydroxylation is 1. The van der Waals surface area contributed by atoms with Gasteiger partial charge in [-0.1, -0.05) is 18.2 Å². The lowest BCUT2D eigenvalue weighted by molar-refractivity contribution is -0.141. The molecule has 2 unspecified atom stereocenters. The summed E-state index contributed by atoms with van der Waals surface area (Å²) < 4.78 is 5.38. The topological polar surface area (TPSA) is 62.7 Å². The van der Waals surface area contributed by atoms with Gasteiger partial charge in [0.1, 0.15) is 5.92 Å². The Morgan fingerprint density at radius 1 is 1.38 bits per heavy atom. The Kier molecular flexibility index (Phi) is 3.51. The summed E-state index contributed by atoms with van der Waals surface area (Å²) in [6.45, 7) is 2.65. The molecule has 2 heterocycles. The highest BCUT2D eigenvalue weighted by Crippen LogP contribution is 2.30. The van der Waals surface area contributed by atoms with E-state index in [4.69, 9.17) is 4.74 Å². The zero-order valence-corrected chi connectivity index (χ0v) is 12.1. The van der Waals surface area contributed by atoms with Crippen LogP contribution in [0.2, 0.25) is 0 Å². The fourth-order valence-corrected chi connectivity index (χ4v) is 2.92. The predicted molar refractivity (Wildman–Crippen MR) is 80.6 cm³/mol. The fraction of sp³-hybridized carbons (Fsp3) is 0.375. The average molecular weight is 286 g/mol. The maximum Gasteiger partial charge on any atom is 0.311 e. The minimum Gasteiger partial charge on any atom is -0.481 e. The van der Waals surface area contributed by atoms with Crippen LogP contribution >= 0.6 is 0 Å². The number of aliphatic carboxylic acids is 1. The summed E-state index contributed by atoms with van der Waals surface area (Å²) in [4.78, 5) is 17.9. The molecule has 0 aliphatic carbocycles. The molecule has 5 nitrogen and oxygen atoms in total. The largest absolute Gasteiger partial charge is 0.481 e. The van der Waals surface area contributed by atoms with Crippen LogP contribution in [0.5, 0.6) is 0 Å². The van der Waals surface area contributed by atoms with E-state index >= 15 is 0 Å². The Hall–Kier alpha value is -2.14. The quantitative estimate of drug-likeness (QED) is 0.936. The Morgan fingerprint density at radius 3 is 2.90 bits per heavy atom. The monoisotopic (exact) mass is 286 g/mol. The summed E-state index contributed by atoms with van der Waals surface area (Å²) in [6.07, 6.45) is 0. The second kappa shape index (κ2) is 5.33. The molecule has 1 N–H and O–H groups in total. The molecule has 0 radical (unpaired) electrons. The minimum atomic E-state index is -0.806. The molecular weight excluding hydrogens is 268 g/mol. The van der Waals surface area contributed by atoms with Crippen LogP contribution in [0.3, 0.4) is 0 Å². The molecule has 110 valence electrons. The molecule has 3 rings (SSSR count). The van der Waals surface area contributed by atoms with E-state index in [9.17, 15) is 9.90 Å². The Morgan fingerprint density at radius 2 is 2.14 bits per heavy atom. The second-order valence-electron chi connectivity index (χ2n) is 5.46. The summed E-state index contributed by atoms with van der Waals surface area (Å²) in [7, 11) is 1.93. The van der Waals surface area contributed by atoms with Crippen LogP contribution in [0.15, 0.2) is 30.3 Å². The normalized spacial score (nSPS) is 21.6. The first-order chi connectivity index (χ1) is 10.1. The van der Waals surface area contributed by atoms with Gasteiger partial charge >= 0.3 is 5.97 Å². The number of ether oxygens (including phenoxy) is 1. The molecule has 1 aromatic heterocycles. The van der Waals surface area contributed by atoms with Crippen molar-refractivity contribution in [2.45, 2.75) is 13.0 Å². The van der Waals surface area contributed by atoms with E-state index in [1.54, 1.807) is 0 Å². The number of fused-ring (bicyclic) bond motifs is 1. The summed E-state index contributed by atoms with van der Waals surface area (Å²) in [5, 5.41) is 10.4. The van der Waals surface area contributed by atoms with Crippen LogP contribution in [-0.2, 0) is 9.53 Å². The molecule has 0 spiro atoms. The van der Waals surface area contributed by atoms with Crippen LogP contribution in [0.1, 0.15) is 5.69 Å². The highest BCUT2D eigenvalue weighted by Gasteiger charge is 2.37. The number of para-hydroxylation sites is 1. The maximum atomic E-state index is 11.4. The summed E-state index contributed by atoms with van der Waals surface area (Å²) >= 11 is 0.